The lowest BCUT2D eigenvalue weighted by Gasteiger charge is -2.20. The van der Waals surface area contributed by atoms with Crippen LogP contribution in [-0.4, -0.2) is 22.3 Å². The van der Waals surface area contributed by atoms with Crippen LogP contribution in [0.15, 0.2) is 42.6 Å². The number of hydrogen-bond donors (Lipinski definition) is 0. The van der Waals surface area contributed by atoms with E-state index in [1.807, 2.05) is 12.1 Å². The molecule has 0 bridgehead atoms. The molecule has 1 amide bonds. The second kappa shape index (κ2) is 6.57. The molecule has 4 nitrogen and oxygen atoms in total. The van der Waals surface area contributed by atoms with Crippen LogP contribution in [0.3, 0.4) is 0 Å². The van der Waals surface area contributed by atoms with Crippen LogP contribution in [0.5, 0.6) is 0 Å². The molecule has 0 N–H and O–H groups in total. The number of rotatable bonds is 4. The zero-order chi connectivity index (χ0) is 15.2. The Labute approximate surface area is 120 Å². The summed E-state index contributed by atoms with van der Waals surface area (Å²) in [5.74, 6) is -3.39. The molecule has 1 aromatic heterocycles. The van der Waals surface area contributed by atoms with Crippen molar-refractivity contribution in [3.05, 3.63) is 65.5 Å². The van der Waals surface area contributed by atoms with Gasteiger partial charge in [0.05, 0.1) is 11.6 Å². The number of aromatic nitrogens is 1. The van der Waals surface area contributed by atoms with Crippen LogP contribution in [0.25, 0.3) is 0 Å². The highest BCUT2D eigenvalue weighted by molar-refractivity contribution is 5.94. The van der Waals surface area contributed by atoms with E-state index >= 15 is 0 Å². The average molecular weight is 287 g/mol. The van der Waals surface area contributed by atoms with Crippen molar-refractivity contribution in [1.29, 1.82) is 5.26 Å². The molecule has 0 spiro atoms. The Bertz CT molecular complexity index is 683. The Kier molecular flexibility index (Phi) is 4.57. The molecule has 0 aliphatic heterocycles. The Balaban J connectivity index is 2.28. The topological polar surface area (TPSA) is 57.0 Å². The number of hydrogen-bond acceptors (Lipinski definition) is 3. The highest BCUT2D eigenvalue weighted by atomic mass is 19.2. The first-order valence-electron chi connectivity index (χ1n) is 6.13. The predicted molar refractivity (Wildman–Crippen MR) is 70.9 cm³/mol. The van der Waals surface area contributed by atoms with Gasteiger partial charge in [0.25, 0.3) is 5.91 Å². The van der Waals surface area contributed by atoms with Gasteiger partial charge in [0, 0.05) is 12.7 Å². The first-order valence-corrected chi connectivity index (χ1v) is 6.13. The maximum absolute atomic E-state index is 13.6. The largest absolute Gasteiger partial charge is 0.321 e. The lowest BCUT2D eigenvalue weighted by Crippen LogP contribution is -2.31. The molecular weight excluding hydrogens is 276 g/mol. The van der Waals surface area contributed by atoms with E-state index in [1.165, 1.54) is 0 Å². The van der Waals surface area contributed by atoms with Crippen molar-refractivity contribution in [1.82, 2.24) is 9.88 Å². The number of amides is 1. The molecule has 0 atom stereocenters. The molecule has 2 aromatic rings. The monoisotopic (exact) mass is 287 g/mol. The third-order valence-electron chi connectivity index (χ3n) is 2.84. The minimum Gasteiger partial charge on any atom is -0.321 e. The number of benzene rings is 1. The van der Waals surface area contributed by atoms with Gasteiger partial charge in [0.1, 0.15) is 6.54 Å². The zero-order valence-corrected chi connectivity index (χ0v) is 11.0. The van der Waals surface area contributed by atoms with E-state index in [-0.39, 0.29) is 13.1 Å². The minimum absolute atomic E-state index is 0.136. The molecule has 0 radical (unpaired) electrons. The number of carbonyl (C=O) groups is 1. The average Bonchev–Trinajstić information content (AvgIpc) is 2.50. The lowest BCUT2D eigenvalue weighted by molar-refractivity contribution is 0.0758. The van der Waals surface area contributed by atoms with Crippen molar-refractivity contribution in [2.75, 3.05) is 6.54 Å². The van der Waals surface area contributed by atoms with Crippen molar-refractivity contribution in [3.63, 3.8) is 0 Å². The van der Waals surface area contributed by atoms with Gasteiger partial charge in [-0.2, -0.15) is 9.65 Å². The molecule has 1 aromatic carbocycles. The smallest absolute Gasteiger partial charge is 0.258 e. The van der Waals surface area contributed by atoms with Crippen molar-refractivity contribution in [2.45, 2.75) is 6.54 Å². The third kappa shape index (κ3) is 3.39. The van der Waals surface area contributed by atoms with Crippen LogP contribution in [0.2, 0.25) is 0 Å². The second-order valence-electron chi connectivity index (χ2n) is 4.27. The molecule has 6 heteroatoms. The number of nitrogens with zero attached hydrogens (tertiary/aromatic N) is 3. The standard InChI is InChI=1S/C15H11F2N3O/c16-13-12(6-8-19-14(13)17)15(21)20(9-7-18)10-11-4-2-1-3-5-11/h1-6,8H,9-10H2. The van der Waals surface area contributed by atoms with Gasteiger partial charge >= 0.3 is 0 Å². The maximum Gasteiger partial charge on any atom is 0.258 e. The highest BCUT2D eigenvalue weighted by Crippen LogP contribution is 2.14. The Morgan fingerprint density at radius 1 is 1.24 bits per heavy atom. The van der Waals surface area contributed by atoms with E-state index in [0.717, 1.165) is 22.7 Å². The molecule has 0 unspecified atom stereocenters. The molecule has 0 saturated heterocycles. The van der Waals surface area contributed by atoms with Crippen molar-refractivity contribution >= 4 is 5.91 Å². The van der Waals surface area contributed by atoms with Gasteiger partial charge in [-0.15, -0.1) is 0 Å². The Morgan fingerprint density at radius 2 is 1.95 bits per heavy atom. The van der Waals surface area contributed by atoms with Crippen molar-refractivity contribution in [3.8, 4) is 6.07 Å². The lowest BCUT2D eigenvalue weighted by atomic mass is 10.1. The fourth-order valence-electron chi connectivity index (χ4n) is 1.84. The Hall–Kier alpha value is -2.81. The fraction of sp³-hybridized carbons (Fsp3) is 0.133. The van der Waals surface area contributed by atoms with E-state index < -0.39 is 23.2 Å². The van der Waals surface area contributed by atoms with Gasteiger partial charge in [-0.25, -0.2) is 9.37 Å². The summed E-state index contributed by atoms with van der Waals surface area (Å²) in [6, 6.07) is 11.9. The Morgan fingerprint density at radius 3 is 2.62 bits per heavy atom. The van der Waals surface area contributed by atoms with Crippen LogP contribution in [-0.2, 0) is 6.54 Å². The van der Waals surface area contributed by atoms with Gasteiger partial charge < -0.3 is 4.90 Å². The van der Waals surface area contributed by atoms with E-state index in [1.54, 1.807) is 24.3 Å². The number of nitriles is 1. The summed E-state index contributed by atoms with van der Waals surface area (Å²) in [5.41, 5.74) is 0.352. The maximum atomic E-state index is 13.6. The van der Waals surface area contributed by atoms with E-state index in [9.17, 15) is 13.6 Å². The SMILES string of the molecule is N#CCN(Cc1ccccc1)C(=O)c1ccnc(F)c1F. The first kappa shape index (κ1) is 14.6. The summed E-state index contributed by atoms with van der Waals surface area (Å²) in [5, 5.41) is 8.81. The fourth-order valence-corrected chi connectivity index (χ4v) is 1.84. The van der Waals surface area contributed by atoms with E-state index in [0.29, 0.717) is 0 Å². The van der Waals surface area contributed by atoms with E-state index in [2.05, 4.69) is 4.98 Å². The zero-order valence-electron chi connectivity index (χ0n) is 11.0. The summed E-state index contributed by atoms with van der Waals surface area (Å²) >= 11 is 0. The molecule has 1 heterocycles. The van der Waals surface area contributed by atoms with Crippen LogP contribution in [0.4, 0.5) is 8.78 Å². The van der Waals surface area contributed by atoms with Crippen LogP contribution < -0.4 is 0 Å². The van der Waals surface area contributed by atoms with Crippen LogP contribution >= 0.6 is 0 Å². The highest BCUT2D eigenvalue weighted by Gasteiger charge is 2.21. The van der Waals surface area contributed by atoms with Crippen molar-refractivity contribution < 1.29 is 13.6 Å². The van der Waals surface area contributed by atoms with Crippen LogP contribution in [0.1, 0.15) is 15.9 Å². The summed E-state index contributed by atoms with van der Waals surface area (Å²) in [4.78, 5) is 16.5. The number of carbonyl (C=O) groups excluding carboxylic acids is 1. The van der Waals surface area contributed by atoms with Crippen LogP contribution in [0, 0.1) is 23.1 Å². The minimum atomic E-state index is -1.34. The predicted octanol–water partition coefficient (Wildman–Crippen LogP) is 2.53. The molecule has 2 rings (SSSR count). The number of pyridine rings is 1. The molecule has 0 fully saturated rings. The van der Waals surface area contributed by atoms with Gasteiger partial charge in [-0.1, -0.05) is 30.3 Å². The molecule has 0 aliphatic carbocycles. The van der Waals surface area contributed by atoms with Gasteiger partial charge in [-0.3, -0.25) is 4.79 Å². The molecule has 0 saturated carbocycles. The second-order valence-corrected chi connectivity index (χ2v) is 4.27. The van der Waals surface area contributed by atoms with E-state index in [4.69, 9.17) is 5.26 Å². The van der Waals surface area contributed by atoms with Gasteiger partial charge in [0.2, 0.25) is 5.95 Å². The van der Waals surface area contributed by atoms with Crippen molar-refractivity contribution in [2.24, 2.45) is 0 Å². The van der Waals surface area contributed by atoms with Gasteiger partial charge in [0.15, 0.2) is 5.82 Å². The molecule has 106 valence electrons. The molecule has 0 aliphatic rings. The summed E-state index contributed by atoms with van der Waals surface area (Å²) in [6.45, 7) is -0.0896. The first-order chi connectivity index (χ1) is 10.1. The molecular formula is C15H11F2N3O. The summed E-state index contributed by atoms with van der Waals surface area (Å²) in [7, 11) is 0. The molecule has 21 heavy (non-hydrogen) atoms. The quantitative estimate of drug-likeness (QED) is 0.641. The summed E-state index contributed by atoms with van der Waals surface area (Å²) < 4.78 is 26.7. The van der Waals surface area contributed by atoms with Gasteiger partial charge in [-0.05, 0) is 11.6 Å². The normalized spacial score (nSPS) is 9.95. The third-order valence-corrected chi connectivity index (χ3v) is 2.84. The number of halogens is 2. The summed E-state index contributed by atoms with van der Waals surface area (Å²) in [6.07, 6.45) is 1.01.